The van der Waals surface area contributed by atoms with Gasteiger partial charge in [0.05, 0.1) is 6.54 Å². The highest BCUT2D eigenvalue weighted by molar-refractivity contribution is 5.30. The van der Waals surface area contributed by atoms with Gasteiger partial charge in [0, 0.05) is 24.0 Å². The summed E-state index contributed by atoms with van der Waals surface area (Å²) in [6.45, 7) is 0.773. The van der Waals surface area contributed by atoms with Crippen molar-refractivity contribution in [2.45, 2.75) is 0 Å². The first-order valence-electron chi connectivity index (χ1n) is 3.74. The summed E-state index contributed by atoms with van der Waals surface area (Å²) < 4.78 is 0. The molecule has 1 radical (unpaired) electrons. The minimum Gasteiger partial charge on any atom is -0.299 e. The zero-order chi connectivity index (χ0) is 8.81. The second-order valence-corrected chi connectivity index (χ2v) is 2.71. The first-order valence-corrected chi connectivity index (χ1v) is 3.74. The van der Waals surface area contributed by atoms with Crippen molar-refractivity contribution in [3.05, 3.63) is 30.1 Å². The molecule has 0 bridgehead atoms. The van der Waals surface area contributed by atoms with Crippen molar-refractivity contribution in [2.24, 2.45) is 0 Å². The molecule has 0 aliphatic heterocycles. The van der Waals surface area contributed by atoms with Crippen LogP contribution in [0, 0.1) is 17.9 Å². The fourth-order valence-electron chi connectivity index (χ4n) is 0.693. The molecule has 2 nitrogen and oxygen atoms in total. The van der Waals surface area contributed by atoms with Crippen LogP contribution >= 0.6 is 0 Å². The van der Waals surface area contributed by atoms with Crippen molar-refractivity contribution in [1.29, 1.82) is 0 Å². The molecule has 1 aromatic rings. The third-order valence-corrected chi connectivity index (χ3v) is 1.23. The van der Waals surface area contributed by atoms with Crippen LogP contribution in [0.3, 0.4) is 0 Å². The summed E-state index contributed by atoms with van der Waals surface area (Å²) in [5.41, 5.74) is 0.916. The molecule has 1 heterocycles. The number of hydrogen-bond acceptors (Lipinski definition) is 2. The van der Waals surface area contributed by atoms with Gasteiger partial charge >= 0.3 is 0 Å². The Morgan fingerprint density at radius 3 is 3.00 bits per heavy atom. The third-order valence-electron chi connectivity index (χ3n) is 1.23. The largest absolute Gasteiger partial charge is 0.299 e. The van der Waals surface area contributed by atoms with Crippen molar-refractivity contribution in [2.75, 3.05) is 20.6 Å². The second-order valence-electron chi connectivity index (χ2n) is 2.71. The molecule has 0 spiro atoms. The van der Waals surface area contributed by atoms with Gasteiger partial charge in [-0.05, 0) is 20.2 Å². The van der Waals surface area contributed by atoms with Crippen LogP contribution < -0.4 is 0 Å². The van der Waals surface area contributed by atoms with Gasteiger partial charge in [-0.1, -0.05) is 11.8 Å². The highest BCUT2D eigenvalue weighted by Gasteiger charge is 1.83. The van der Waals surface area contributed by atoms with Gasteiger partial charge in [-0.3, -0.25) is 9.88 Å². The molecule has 1 rings (SSSR count). The Kier molecular flexibility index (Phi) is 3.31. The predicted octanol–water partition coefficient (Wildman–Crippen LogP) is 0.795. The molecule has 1 aromatic heterocycles. The lowest BCUT2D eigenvalue weighted by Gasteiger charge is -2.00. The molecule has 0 fully saturated rings. The molecule has 2 heteroatoms. The van der Waals surface area contributed by atoms with Gasteiger partial charge in [-0.15, -0.1) is 0 Å². The molecule has 0 unspecified atom stereocenters. The Morgan fingerprint density at radius 2 is 2.42 bits per heavy atom. The van der Waals surface area contributed by atoms with Gasteiger partial charge in [0.25, 0.3) is 0 Å². The summed E-state index contributed by atoms with van der Waals surface area (Å²) in [6.07, 6.45) is 3.36. The fraction of sp³-hybridized carbons (Fsp3) is 0.300. The topological polar surface area (TPSA) is 16.1 Å². The Hall–Kier alpha value is -1.33. The van der Waals surface area contributed by atoms with Crippen molar-refractivity contribution >= 4 is 0 Å². The van der Waals surface area contributed by atoms with Crippen LogP contribution in [0.2, 0.25) is 0 Å². The smallest absolute Gasteiger partial charge is 0.0600 e. The Morgan fingerprint density at radius 1 is 1.58 bits per heavy atom. The number of rotatable bonds is 1. The zero-order valence-corrected chi connectivity index (χ0v) is 7.33. The molecule has 0 aromatic carbocycles. The van der Waals surface area contributed by atoms with E-state index in [1.807, 2.05) is 25.1 Å². The van der Waals surface area contributed by atoms with Crippen LogP contribution in [0.25, 0.3) is 0 Å². The molecule has 61 valence electrons. The molecule has 0 saturated carbocycles. The molecule has 0 aliphatic rings. The highest BCUT2D eigenvalue weighted by Crippen LogP contribution is 1.90. The molecule has 0 N–H and O–H groups in total. The van der Waals surface area contributed by atoms with Crippen molar-refractivity contribution in [3.8, 4) is 11.8 Å². The van der Waals surface area contributed by atoms with Crippen LogP contribution in [-0.2, 0) is 0 Å². The SMILES string of the molecule is CN(C)CC#Cc1c[c]cnc1. The second kappa shape index (κ2) is 4.53. The number of aromatic nitrogens is 1. The maximum Gasteiger partial charge on any atom is 0.0600 e. The molecule has 0 amide bonds. The minimum atomic E-state index is 0.773. The molecule has 0 atom stereocenters. The van der Waals surface area contributed by atoms with Crippen LogP contribution in [0.1, 0.15) is 5.56 Å². The lowest BCUT2D eigenvalue weighted by Crippen LogP contribution is -2.10. The molecule has 0 saturated heterocycles. The van der Waals surface area contributed by atoms with E-state index in [4.69, 9.17) is 0 Å². The van der Waals surface area contributed by atoms with Gasteiger partial charge in [-0.2, -0.15) is 0 Å². The maximum atomic E-state index is 3.91. The summed E-state index contributed by atoms with van der Waals surface area (Å²) in [6, 6.07) is 4.70. The lowest BCUT2D eigenvalue weighted by molar-refractivity contribution is 0.464. The summed E-state index contributed by atoms with van der Waals surface area (Å²) in [4.78, 5) is 5.93. The summed E-state index contributed by atoms with van der Waals surface area (Å²) in [5, 5.41) is 0. The van der Waals surface area contributed by atoms with Gasteiger partial charge < -0.3 is 0 Å². The van der Waals surface area contributed by atoms with E-state index in [-0.39, 0.29) is 0 Å². The van der Waals surface area contributed by atoms with E-state index in [0.717, 1.165) is 12.1 Å². The Labute approximate surface area is 73.2 Å². The first kappa shape index (κ1) is 8.76. The van der Waals surface area contributed by atoms with Crippen LogP contribution in [0.5, 0.6) is 0 Å². The summed E-state index contributed by atoms with van der Waals surface area (Å²) in [7, 11) is 3.98. The quantitative estimate of drug-likeness (QED) is 0.563. The van der Waals surface area contributed by atoms with E-state index in [1.165, 1.54) is 0 Å². The van der Waals surface area contributed by atoms with Gasteiger partial charge in [0.2, 0.25) is 0 Å². The van der Waals surface area contributed by atoms with E-state index < -0.39 is 0 Å². The van der Waals surface area contributed by atoms with E-state index in [1.54, 1.807) is 12.4 Å². The molecule has 0 aliphatic carbocycles. The maximum absolute atomic E-state index is 3.91. The molecular weight excluding hydrogens is 148 g/mol. The average Bonchev–Trinajstić information content (AvgIpc) is 2.05. The first-order chi connectivity index (χ1) is 5.79. The van der Waals surface area contributed by atoms with E-state index >= 15 is 0 Å². The third kappa shape index (κ3) is 3.18. The van der Waals surface area contributed by atoms with Crippen LogP contribution in [0.15, 0.2) is 18.5 Å². The predicted molar refractivity (Wildman–Crippen MR) is 48.5 cm³/mol. The van der Waals surface area contributed by atoms with Crippen molar-refractivity contribution in [1.82, 2.24) is 9.88 Å². The monoisotopic (exact) mass is 159 g/mol. The van der Waals surface area contributed by atoms with Gasteiger partial charge in [0.1, 0.15) is 0 Å². The van der Waals surface area contributed by atoms with Crippen molar-refractivity contribution in [3.63, 3.8) is 0 Å². The Balaban J connectivity index is 2.55. The average molecular weight is 159 g/mol. The molecule has 12 heavy (non-hydrogen) atoms. The minimum absolute atomic E-state index is 0.773. The zero-order valence-electron chi connectivity index (χ0n) is 7.33. The normalized spacial score (nSPS) is 9.25. The number of hydrogen-bond donors (Lipinski definition) is 0. The number of pyridine rings is 1. The number of nitrogens with zero attached hydrogens (tertiary/aromatic N) is 2. The van der Waals surface area contributed by atoms with E-state index in [0.29, 0.717) is 0 Å². The summed E-state index contributed by atoms with van der Waals surface area (Å²) >= 11 is 0. The van der Waals surface area contributed by atoms with Crippen LogP contribution in [0.4, 0.5) is 0 Å². The standard InChI is InChI=1S/C10H11N2/c1-12(2)8-4-6-10-5-3-7-11-9-10/h5,7,9H,8H2,1-2H3. The lowest BCUT2D eigenvalue weighted by atomic mass is 10.3. The van der Waals surface area contributed by atoms with Gasteiger partial charge in [-0.25, -0.2) is 0 Å². The Bertz CT molecular complexity index is 280. The van der Waals surface area contributed by atoms with Crippen molar-refractivity contribution < 1.29 is 0 Å². The fourth-order valence-corrected chi connectivity index (χ4v) is 0.693. The van der Waals surface area contributed by atoms with E-state index in [2.05, 4.69) is 22.9 Å². The van der Waals surface area contributed by atoms with Gasteiger partial charge in [0.15, 0.2) is 0 Å². The summed E-state index contributed by atoms with van der Waals surface area (Å²) in [5.74, 6) is 6.01. The van der Waals surface area contributed by atoms with E-state index in [9.17, 15) is 0 Å². The highest BCUT2D eigenvalue weighted by atomic mass is 15.0. The van der Waals surface area contributed by atoms with Crippen LogP contribution in [-0.4, -0.2) is 30.5 Å². The molecular formula is C10H11N2.